The van der Waals surface area contributed by atoms with E-state index in [9.17, 15) is 9.59 Å². The van der Waals surface area contributed by atoms with Gasteiger partial charge in [-0.3, -0.25) is 4.90 Å². The van der Waals surface area contributed by atoms with Gasteiger partial charge in [-0.1, -0.05) is 0 Å². The summed E-state index contributed by atoms with van der Waals surface area (Å²) in [4.78, 5) is 24.4. The highest BCUT2D eigenvalue weighted by atomic mass is 32.1. The lowest BCUT2D eigenvalue weighted by molar-refractivity contribution is 0.140. The monoisotopic (exact) mass is 269 g/mol. The van der Waals surface area contributed by atoms with Crippen LogP contribution in [0.25, 0.3) is 0 Å². The first-order valence-electron chi connectivity index (χ1n) is 5.74. The fraction of sp³-hybridized carbons (Fsp3) is 0.455. The predicted molar refractivity (Wildman–Crippen MR) is 69.0 cm³/mol. The molecule has 1 saturated heterocycles. The summed E-state index contributed by atoms with van der Waals surface area (Å²) in [5.41, 5.74) is 0. The van der Waals surface area contributed by atoms with Crippen LogP contribution in [0.2, 0.25) is 0 Å². The third kappa shape index (κ3) is 2.92. The van der Waals surface area contributed by atoms with Gasteiger partial charge in [0.15, 0.2) is 0 Å². The van der Waals surface area contributed by atoms with Gasteiger partial charge >= 0.3 is 12.1 Å². The topological polar surface area (TPSA) is 70.7 Å². The molecule has 1 fully saturated rings. The Morgan fingerprint density at radius 3 is 3.11 bits per heavy atom. The zero-order chi connectivity index (χ0) is 13.0. The van der Waals surface area contributed by atoms with Gasteiger partial charge in [0.25, 0.3) is 0 Å². The number of carbonyl (C=O) groups excluding carboxylic acids is 2. The minimum absolute atomic E-state index is 0.247. The molecule has 1 unspecified atom stereocenters. The van der Waals surface area contributed by atoms with E-state index in [1.807, 2.05) is 24.4 Å². The number of ether oxygens (including phenoxy) is 1. The third-order valence-electron chi connectivity index (χ3n) is 2.47. The summed E-state index contributed by atoms with van der Waals surface area (Å²) in [6.45, 7) is 3.19. The molecule has 3 amide bonds. The second-order valence-electron chi connectivity index (χ2n) is 3.81. The molecule has 1 aliphatic rings. The van der Waals surface area contributed by atoms with Crippen molar-refractivity contribution < 1.29 is 14.3 Å². The van der Waals surface area contributed by atoms with E-state index < -0.39 is 0 Å². The van der Waals surface area contributed by atoms with Gasteiger partial charge < -0.3 is 15.4 Å². The lowest BCUT2D eigenvalue weighted by Crippen LogP contribution is -2.40. The Hall–Kier alpha value is -1.76. The van der Waals surface area contributed by atoms with Crippen molar-refractivity contribution in [3.05, 3.63) is 17.5 Å². The zero-order valence-corrected chi connectivity index (χ0v) is 10.8. The van der Waals surface area contributed by atoms with E-state index >= 15 is 0 Å². The average Bonchev–Trinajstić information content (AvgIpc) is 2.95. The smallest absolute Gasteiger partial charge is 0.415 e. The van der Waals surface area contributed by atoms with E-state index in [1.54, 1.807) is 4.90 Å². The Labute approximate surface area is 109 Å². The van der Waals surface area contributed by atoms with Gasteiger partial charge in [0, 0.05) is 6.54 Å². The maximum absolute atomic E-state index is 11.6. The molecule has 2 N–H and O–H groups in total. The first kappa shape index (κ1) is 12.7. The van der Waals surface area contributed by atoms with Crippen molar-refractivity contribution in [1.82, 2.24) is 10.6 Å². The molecule has 1 aromatic heterocycles. The number of nitrogens with zero attached hydrogens (tertiary/aromatic N) is 1. The maximum atomic E-state index is 11.6. The van der Waals surface area contributed by atoms with Crippen LogP contribution in [0, 0.1) is 0 Å². The van der Waals surface area contributed by atoms with Crippen molar-refractivity contribution >= 4 is 28.5 Å². The van der Waals surface area contributed by atoms with Crippen LogP contribution in [-0.4, -0.2) is 37.9 Å². The van der Waals surface area contributed by atoms with Crippen LogP contribution in [0.15, 0.2) is 17.5 Å². The SMILES string of the molecule is CCNC(=O)NCC1CN(c2cccs2)C(=O)O1. The van der Waals surface area contributed by atoms with Crippen molar-refractivity contribution in [3.63, 3.8) is 0 Å². The molecule has 98 valence electrons. The molecule has 7 heteroatoms. The van der Waals surface area contributed by atoms with Crippen LogP contribution in [0.5, 0.6) is 0 Å². The highest BCUT2D eigenvalue weighted by molar-refractivity contribution is 7.14. The number of amides is 3. The molecular formula is C11H15N3O3S. The van der Waals surface area contributed by atoms with Crippen molar-refractivity contribution in [1.29, 1.82) is 0 Å². The largest absolute Gasteiger partial charge is 0.442 e. The second-order valence-corrected chi connectivity index (χ2v) is 4.73. The van der Waals surface area contributed by atoms with Gasteiger partial charge in [0.05, 0.1) is 13.1 Å². The summed E-state index contributed by atoms with van der Waals surface area (Å²) in [5, 5.41) is 8.05. The van der Waals surface area contributed by atoms with Crippen molar-refractivity contribution in [2.24, 2.45) is 0 Å². The standard InChI is InChI=1S/C11H15N3O3S/c1-2-12-10(15)13-6-8-7-14(11(16)17-8)9-4-3-5-18-9/h3-5,8H,2,6-7H2,1H3,(H2,12,13,15). The molecule has 1 aromatic rings. The minimum atomic E-state index is -0.361. The number of nitrogens with one attached hydrogen (secondary N) is 2. The molecule has 2 rings (SSSR count). The molecule has 6 nitrogen and oxygen atoms in total. The molecule has 0 aromatic carbocycles. The number of urea groups is 1. The average molecular weight is 269 g/mol. The number of carbonyl (C=O) groups is 2. The van der Waals surface area contributed by atoms with Crippen LogP contribution in [0.3, 0.4) is 0 Å². The van der Waals surface area contributed by atoms with E-state index in [2.05, 4.69) is 10.6 Å². The normalized spacial score (nSPS) is 18.6. The molecule has 1 atom stereocenters. The summed E-state index contributed by atoms with van der Waals surface area (Å²) in [7, 11) is 0. The van der Waals surface area contributed by atoms with Gasteiger partial charge in [-0.15, -0.1) is 11.3 Å². The Balaban J connectivity index is 1.84. The quantitative estimate of drug-likeness (QED) is 0.867. The number of anilines is 1. The fourth-order valence-electron chi connectivity index (χ4n) is 1.66. The van der Waals surface area contributed by atoms with Crippen LogP contribution in [-0.2, 0) is 4.74 Å². The molecule has 0 radical (unpaired) electrons. The van der Waals surface area contributed by atoms with Gasteiger partial charge in [-0.05, 0) is 24.4 Å². The Morgan fingerprint density at radius 2 is 2.44 bits per heavy atom. The van der Waals surface area contributed by atoms with E-state index in [-0.39, 0.29) is 18.2 Å². The number of cyclic esters (lactones) is 1. The first-order chi connectivity index (χ1) is 8.70. The molecule has 0 aliphatic carbocycles. The van der Waals surface area contributed by atoms with E-state index in [4.69, 9.17) is 4.74 Å². The molecule has 2 heterocycles. The van der Waals surface area contributed by atoms with Crippen LogP contribution in [0.4, 0.5) is 14.6 Å². The van der Waals surface area contributed by atoms with Crippen LogP contribution in [0.1, 0.15) is 6.92 Å². The van der Waals surface area contributed by atoms with Gasteiger partial charge in [-0.2, -0.15) is 0 Å². The van der Waals surface area contributed by atoms with E-state index in [0.717, 1.165) is 5.00 Å². The van der Waals surface area contributed by atoms with Crippen LogP contribution >= 0.6 is 11.3 Å². The number of hydrogen-bond acceptors (Lipinski definition) is 4. The predicted octanol–water partition coefficient (Wildman–Crippen LogP) is 1.39. The number of thiophene rings is 1. The Kier molecular flexibility index (Phi) is 4.03. The summed E-state index contributed by atoms with van der Waals surface area (Å²) in [5.74, 6) is 0. The molecule has 1 aliphatic heterocycles. The molecular weight excluding hydrogens is 254 g/mol. The van der Waals surface area contributed by atoms with Crippen molar-refractivity contribution in [2.75, 3.05) is 24.5 Å². The lowest BCUT2D eigenvalue weighted by Gasteiger charge is -2.10. The highest BCUT2D eigenvalue weighted by Gasteiger charge is 2.32. The third-order valence-corrected chi connectivity index (χ3v) is 3.37. The maximum Gasteiger partial charge on any atom is 0.415 e. The summed E-state index contributed by atoms with van der Waals surface area (Å²) in [6, 6.07) is 3.50. The summed E-state index contributed by atoms with van der Waals surface area (Å²) < 4.78 is 5.18. The number of hydrogen-bond donors (Lipinski definition) is 2. The number of rotatable bonds is 4. The Morgan fingerprint density at radius 1 is 1.61 bits per heavy atom. The highest BCUT2D eigenvalue weighted by Crippen LogP contribution is 2.25. The van der Waals surface area contributed by atoms with Crippen molar-refractivity contribution in [2.45, 2.75) is 13.0 Å². The van der Waals surface area contributed by atoms with E-state index in [1.165, 1.54) is 11.3 Å². The molecule has 0 spiro atoms. The van der Waals surface area contributed by atoms with E-state index in [0.29, 0.717) is 19.6 Å². The van der Waals surface area contributed by atoms with Crippen molar-refractivity contribution in [3.8, 4) is 0 Å². The summed E-state index contributed by atoms with van der Waals surface area (Å²) in [6.07, 6.45) is -0.664. The summed E-state index contributed by atoms with van der Waals surface area (Å²) >= 11 is 1.48. The Bertz CT molecular complexity index is 421. The van der Waals surface area contributed by atoms with Gasteiger partial charge in [0.1, 0.15) is 11.1 Å². The minimum Gasteiger partial charge on any atom is -0.442 e. The molecule has 0 bridgehead atoms. The van der Waals surface area contributed by atoms with Crippen LogP contribution < -0.4 is 15.5 Å². The zero-order valence-electron chi connectivity index (χ0n) is 10.0. The second kappa shape index (κ2) is 5.72. The fourth-order valence-corrected chi connectivity index (χ4v) is 2.39. The molecule has 0 saturated carbocycles. The lowest BCUT2D eigenvalue weighted by atomic mass is 10.3. The van der Waals surface area contributed by atoms with Gasteiger partial charge in [0.2, 0.25) is 0 Å². The van der Waals surface area contributed by atoms with Gasteiger partial charge in [-0.25, -0.2) is 9.59 Å². The first-order valence-corrected chi connectivity index (χ1v) is 6.62. The molecule has 18 heavy (non-hydrogen) atoms.